The number of aliphatic hydroxyl groups excluding tert-OH is 2. The van der Waals surface area contributed by atoms with Crippen LogP contribution in [-0.2, 0) is 16.1 Å². The van der Waals surface area contributed by atoms with E-state index in [9.17, 15) is 24.6 Å². The van der Waals surface area contributed by atoms with Crippen molar-refractivity contribution in [3.05, 3.63) is 68.8 Å². The smallest absolute Gasteiger partial charge is 0.247 e. The fourth-order valence-electron chi connectivity index (χ4n) is 4.31. The van der Waals surface area contributed by atoms with Crippen molar-refractivity contribution in [2.75, 3.05) is 20.3 Å². The van der Waals surface area contributed by atoms with Crippen LogP contribution in [0.25, 0.3) is 0 Å². The Morgan fingerprint density at radius 3 is 2.55 bits per heavy atom. The summed E-state index contributed by atoms with van der Waals surface area (Å²) in [4.78, 5) is 39.3. The first kappa shape index (κ1) is 29.6. The van der Waals surface area contributed by atoms with Gasteiger partial charge in [-0.05, 0) is 46.4 Å². The minimum atomic E-state index is -1.18. The van der Waals surface area contributed by atoms with Crippen LogP contribution >= 0.6 is 22.6 Å². The molecule has 2 aromatic rings. The molecule has 0 aromatic heterocycles. The summed E-state index contributed by atoms with van der Waals surface area (Å²) in [7, 11) is 1.44. The van der Waals surface area contributed by atoms with Crippen LogP contribution in [0, 0.1) is 9.49 Å². The Morgan fingerprint density at radius 2 is 1.95 bits per heavy atom. The topological polar surface area (TPSA) is 125 Å². The Balaban J connectivity index is 2.04. The van der Waals surface area contributed by atoms with E-state index < -0.39 is 24.2 Å². The Kier molecular flexibility index (Phi) is 10.7. The van der Waals surface area contributed by atoms with E-state index >= 15 is 0 Å². The predicted octanol–water partition coefficient (Wildman–Crippen LogP) is 2.71. The number of nitrogens with zero attached hydrogens (tertiary/aromatic N) is 1. The van der Waals surface area contributed by atoms with Crippen LogP contribution in [0.3, 0.4) is 0 Å². The van der Waals surface area contributed by atoms with Crippen molar-refractivity contribution < 1.29 is 34.1 Å². The molecule has 204 valence electrons. The van der Waals surface area contributed by atoms with Crippen LogP contribution in [-0.4, -0.2) is 71.7 Å². The lowest BCUT2D eigenvalue weighted by molar-refractivity contribution is -0.142. The number of benzene rings is 2. The molecule has 0 spiro atoms. The predicted molar refractivity (Wildman–Crippen MR) is 150 cm³/mol. The summed E-state index contributed by atoms with van der Waals surface area (Å²) in [5.74, 6) is -0.331. The summed E-state index contributed by atoms with van der Waals surface area (Å²) in [5, 5.41) is 23.4. The van der Waals surface area contributed by atoms with Crippen LogP contribution in [0.2, 0.25) is 0 Å². The summed E-state index contributed by atoms with van der Waals surface area (Å²) in [6, 6.07) is 11.8. The number of amides is 2. The first-order valence-electron chi connectivity index (χ1n) is 12.3. The fraction of sp³-hybridized carbons (Fsp3) is 0.393. The Bertz CT molecular complexity index is 1170. The summed E-state index contributed by atoms with van der Waals surface area (Å²) >= 11 is 2.01. The van der Waals surface area contributed by atoms with Crippen molar-refractivity contribution in [2.45, 2.75) is 45.1 Å². The lowest BCUT2D eigenvalue weighted by Gasteiger charge is -2.41. The van der Waals surface area contributed by atoms with E-state index in [0.29, 0.717) is 32.5 Å². The summed E-state index contributed by atoms with van der Waals surface area (Å²) in [6.07, 6.45) is 0.149. The largest absolute Gasteiger partial charge is 0.493 e. The highest BCUT2D eigenvalue weighted by Gasteiger charge is 2.41. The number of nitrogens with one attached hydrogen (secondary N) is 1. The van der Waals surface area contributed by atoms with Crippen molar-refractivity contribution in [3.63, 3.8) is 0 Å². The normalized spacial score (nSPS) is 18.9. The van der Waals surface area contributed by atoms with Crippen LogP contribution in [0.4, 0.5) is 0 Å². The summed E-state index contributed by atoms with van der Waals surface area (Å²) in [5.41, 5.74) is 1.61. The number of carbonyl (C=O) groups is 3. The van der Waals surface area contributed by atoms with Gasteiger partial charge in [-0.2, -0.15) is 0 Å². The molecule has 1 aliphatic rings. The number of halogens is 1. The first-order valence-corrected chi connectivity index (χ1v) is 13.4. The SMILES string of the molecule is COc1cc(C=O)cc(I)c1O[C@H]1C=C(C(=O)NCCO)C[C@@H](N(Cc2ccccc2)C(=O)C(C)C)[C@@H]1O. The van der Waals surface area contributed by atoms with Gasteiger partial charge < -0.3 is 29.9 Å². The quantitative estimate of drug-likeness (QED) is 0.256. The maximum absolute atomic E-state index is 13.4. The lowest BCUT2D eigenvalue weighted by Crippen LogP contribution is -2.55. The van der Waals surface area contributed by atoms with Gasteiger partial charge in [0.15, 0.2) is 11.5 Å². The minimum Gasteiger partial charge on any atom is -0.493 e. The molecule has 38 heavy (non-hydrogen) atoms. The number of carbonyl (C=O) groups excluding carboxylic acids is 3. The summed E-state index contributed by atoms with van der Waals surface area (Å²) < 4.78 is 12.2. The van der Waals surface area contributed by atoms with E-state index in [1.54, 1.807) is 24.8 Å². The zero-order valence-electron chi connectivity index (χ0n) is 21.6. The molecule has 2 aromatic carbocycles. The van der Waals surface area contributed by atoms with E-state index in [0.717, 1.165) is 5.56 Å². The number of aldehydes is 1. The van der Waals surface area contributed by atoms with Gasteiger partial charge in [0.05, 0.1) is 23.3 Å². The van der Waals surface area contributed by atoms with Gasteiger partial charge in [-0.3, -0.25) is 14.4 Å². The van der Waals surface area contributed by atoms with E-state index in [-0.39, 0.29) is 37.9 Å². The molecule has 0 heterocycles. The van der Waals surface area contributed by atoms with E-state index in [1.807, 2.05) is 52.9 Å². The number of ether oxygens (including phenoxy) is 2. The number of rotatable bonds is 11. The molecule has 0 saturated carbocycles. The molecular formula is C28H33IN2O7. The third kappa shape index (κ3) is 7.12. The average Bonchev–Trinajstić information content (AvgIpc) is 2.92. The molecule has 3 atom stereocenters. The maximum atomic E-state index is 13.4. The highest BCUT2D eigenvalue weighted by molar-refractivity contribution is 14.1. The number of hydrogen-bond donors (Lipinski definition) is 3. The van der Waals surface area contributed by atoms with Crippen LogP contribution in [0.15, 0.2) is 54.1 Å². The lowest BCUT2D eigenvalue weighted by atomic mass is 9.87. The third-order valence-corrected chi connectivity index (χ3v) is 7.03. The second kappa shape index (κ2) is 13.7. The van der Waals surface area contributed by atoms with Crippen LogP contribution < -0.4 is 14.8 Å². The number of aliphatic hydroxyl groups is 2. The zero-order valence-corrected chi connectivity index (χ0v) is 23.8. The maximum Gasteiger partial charge on any atom is 0.247 e. The van der Waals surface area contributed by atoms with Crippen molar-refractivity contribution in [1.29, 1.82) is 0 Å². The van der Waals surface area contributed by atoms with Gasteiger partial charge in [0.25, 0.3) is 0 Å². The molecule has 1 aliphatic carbocycles. The second-order valence-electron chi connectivity index (χ2n) is 9.27. The van der Waals surface area contributed by atoms with Crippen molar-refractivity contribution in [1.82, 2.24) is 10.2 Å². The third-order valence-electron chi connectivity index (χ3n) is 6.23. The van der Waals surface area contributed by atoms with Crippen LogP contribution in [0.5, 0.6) is 11.5 Å². The molecule has 0 saturated heterocycles. The Morgan fingerprint density at radius 1 is 1.24 bits per heavy atom. The molecule has 9 nitrogen and oxygen atoms in total. The van der Waals surface area contributed by atoms with E-state index in [2.05, 4.69) is 5.32 Å². The monoisotopic (exact) mass is 636 g/mol. The van der Waals surface area contributed by atoms with Crippen molar-refractivity contribution in [3.8, 4) is 11.5 Å². The van der Waals surface area contributed by atoms with Gasteiger partial charge >= 0.3 is 0 Å². The molecule has 0 fully saturated rings. The second-order valence-corrected chi connectivity index (χ2v) is 10.4. The van der Waals surface area contributed by atoms with Crippen molar-refractivity contribution >= 4 is 40.7 Å². The standard InChI is InChI=1S/C28H33IN2O7/c1-17(2)28(36)31(15-18-7-5-4-6-8-18)22-13-20(27(35)30-9-10-32)14-23(25(22)34)38-26-21(29)11-19(16-33)12-24(26)37-3/h4-8,11-12,14,16-17,22-23,25,32,34H,9-10,13,15H2,1-3H3,(H,30,35)/t22-,23+,25+/m1/s1. The summed E-state index contributed by atoms with van der Waals surface area (Å²) in [6.45, 7) is 3.65. The van der Waals surface area contributed by atoms with Gasteiger partial charge in [-0.25, -0.2) is 0 Å². The Hall–Kier alpha value is -2.96. The van der Waals surface area contributed by atoms with E-state index in [4.69, 9.17) is 9.47 Å². The highest BCUT2D eigenvalue weighted by atomic mass is 127. The molecule has 2 amide bonds. The minimum absolute atomic E-state index is 0.0620. The molecule has 0 bridgehead atoms. The average molecular weight is 636 g/mol. The fourth-order valence-corrected chi connectivity index (χ4v) is 5.06. The van der Waals surface area contributed by atoms with Gasteiger partial charge in [0.1, 0.15) is 18.5 Å². The van der Waals surface area contributed by atoms with E-state index in [1.165, 1.54) is 19.3 Å². The molecule has 0 unspecified atom stereocenters. The van der Waals surface area contributed by atoms with Gasteiger partial charge in [0, 0.05) is 36.6 Å². The molecule has 10 heteroatoms. The Labute approximate surface area is 236 Å². The highest BCUT2D eigenvalue weighted by Crippen LogP contribution is 2.37. The molecule has 3 rings (SSSR count). The molecular weight excluding hydrogens is 603 g/mol. The number of methoxy groups -OCH3 is 1. The number of hydrogen-bond acceptors (Lipinski definition) is 7. The molecule has 0 radical (unpaired) electrons. The first-order chi connectivity index (χ1) is 18.2. The van der Waals surface area contributed by atoms with Gasteiger partial charge in [-0.1, -0.05) is 44.2 Å². The van der Waals surface area contributed by atoms with Gasteiger partial charge in [0.2, 0.25) is 11.8 Å². The zero-order chi connectivity index (χ0) is 27.8. The van der Waals surface area contributed by atoms with Crippen LogP contribution in [0.1, 0.15) is 36.2 Å². The molecule has 0 aliphatic heterocycles. The molecule has 3 N–H and O–H groups in total. The van der Waals surface area contributed by atoms with Crippen molar-refractivity contribution in [2.24, 2.45) is 5.92 Å². The van der Waals surface area contributed by atoms with Gasteiger partial charge in [-0.15, -0.1) is 0 Å².